The first-order valence-corrected chi connectivity index (χ1v) is 12.0. The Balaban J connectivity index is 1.63. The molecule has 0 unspecified atom stereocenters. The number of hydrogen-bond acceptors (Lipinski definition) is 3. The summed E-state index contributed by atoms with van der Waals surface area (Å²) in [5, 5.41) is 0. The molecule has 1 heterocycles. The molecule has 0 N–H and O–H groups in total. The van der Waals surface area contributed by atoms with Gasteiger partial charge in [0.1, 0.15) is 5.82 Å². The minimum Gasteiger partial charge on any atom is -0.331 e. The van der Waals surface area contributed by atoms with Crippen molar-refractivity contribution in [3.63, 3.8) is 0 Å². The zero-order chi connectivity index (χ0) is 21.3. The fourth-order valence-electron chi connectivity index (χ4n) is 3.98. The molecule has 0 atom stereocenters. The van der Waals surface area contributed by atoms with Gasteiger partial charge in [0, 0.05) is 36.8 Å². The Labute approximate surface area is 177 Å². The Hall–Kier alpha value is -2.25. The molecule has 2 fully saturated rings. The zero-order valence-corrected chi connectivity index (χ0v) is 18.0. The van der Waals surface area contributed by atoms with E-state index >= 15 is 0 Å². The van der Waals surface area contributed by atoms with Gasteiger partial charge in [0.05, 0.1) is 4.90 Å². The summed E-state index contributed by atoms with van der Waals surface area (Å²) in [6, 6.07) is 11.4. The van der Waals surface area contributed by atoms with Crippen molar-refractivity contribution < 1.29 is 17.6 Å². The van der Waals surface area contributed by atoms with Crippen LogP contribution in [0.5, 0.6) is 0 Å². The highest BCUT2D eigenvalue weighted by Gasteiger charge is 2.34. The molecule has 0 aromatic heterocycles. The fraction of sp³-hybridized carbons (Fsp3) is 0.435. The van der Waals surface area contributed by atoms with Crippen LogP contribution < -0.4 is 0 Å². The molecule has 1 saturated heterocycles. The van der Waals surface area contributed by atoms with Crippen molar-refractivity contribution in [2.75, 3.05) is 13.1 Å². The van der Waals surface area contributed by atoms with Crippen LogP contribution in [0.3, 0.4) is 0 Å². The van der Waals surface area contributed by atoms with Gasteiger partial charge in [-0.3, -0.25) is 4.79 Å². The lowest BCUT2D eigenvalue weighted by molar-refractivity contribution is 0.0728. The smallest absolute Gasteiger partial charge is 0.254 e. The number of halogens is 1. The van der Waals surface area contributed by atoms with Crippen LogP contribution in [0, 0.1) is 12.7 Å². The van der Waals surface area contributed by atoms with E-state index in [2.05, 4.69) is 0 Å². The molecular weight excluding hydrogens is 403 g/mol. The van der Waals surface area contributed by atoms with Crippen molar-refractivity contribution in [2.24, 2.45) is 0 Å². The number of carbonyl (C=O) groups is 1. The summed E-state index contributed by atoms with van der Waals surface area (Å²) in [6.45, 7) is 2.96. The molecule has 30 heavy (non-hydrogen) atoms. The number of piperidine rings is 1. The quantitative estimate of drug-likeness (QED) is 0.693. The maximum absolute atomic E-state index is 14.2. The van der Waals surface area contributed by atoms with Gasteiger partial charge in [-0.05, 0) is 56.4 Å². The van der Waals surface area contributed by atoms with Gasteiger partial charge in [0.15, 0.2) is 0 Å². The van der Waals surface area contributed by atoms with Crippen LogP contribution in [0.1, 0.15) is 53.6 Å². The third kappa shape index (κ3) is 4.27. The number of aryl methyl sites for hydroxylation is 1. The lowest BCUT2D eigenvalue weighted by Crippen LogP contribution is -2.36. The lowest BCUT2D eigenvalue weighted by Gasteiger charge is -2.27. The molecule has 2 aromatic carbocycles. The monoisotopic (exact) mass is 430 g/mol. The second-order valence-electron chi connectivity index (χ2n) is 8.20. The zero-order valence-electron chi connectivity index (χ0n) is 17.2. The average Bonchev–Trinajstić information content (AvgIpc) is 3.59. The van der Waals surface area contributed by atoms with Crippen molar-refractivity contribution in [2.45, 2.75) is 56.5 Å². The number of hydrogen-bond donors (Lipinski definition) is 0. The van der Waals surface area contributed by atoms with Crippen molar-refractivity contribution in [3.8, 4) is 0 Å². The van der Waals surface area contributed by atoms with Gasteiger partial charge in [0.2, 0.25) is 10.0 Å². The van der Waals surface area contributed by atoms with E-state index in [4.69, 9.17) is 0 Å². The molecule has 4 rings (SSSR count). The van der Waals surface area contributed by atoms with E-state index in [9.17, 15) is 17.6 Å². The summed E-state index contributed by atoms with van der Waals surface area (Å²) in [5.74, 6) is -0.593. The van der Waals surface area contributed by atoms with E-state index in [0.29, 0.717) is 29.8 Å². The molecule has 160 valence electrons. The van der Waals surface area contributed by atoms with Gasteiger partial charge < -0.3 is 4.90 Å². The standard InChI is InChI=1S/C23H27FN2O3S/c1-17-9-10-18(15-22(17)30(28,29)25-13-5-2-6-14-25)23(27)26(20-11-12-20)16-19-7-3-4-8-21(19)24/h3-4,7-10,15,20H,2,5-6,11-14,16H2,1H3. The van der Waals surface area contributed by atoms with Gasteiger partial charge in [0.25, 0.3) is 5.91 Å². The largest absolute Gasteiger partial charge is 0.331 e. The Morgan fingerprint density at radius 3 is 2.47 bits per heavy atom. The fourth-order valence-corrected chi connectivity index (χ4v) is 5.75. The van der Waals surface area contributed by atoms with Crippen LogP contribution in [0.25, 0.3) is 0 Å². The summed E-state index contributed by atoms with van der Waals surface area (Å²) in [7, 11) is -3.64. The van der Waals surface area contributed by atoms with Crippen LogP contribution >= 0.6 is 0 Å². The second-order valence-corrected chi connectivity index (χ2v) is 10.1. The molecule has 5 nitrogen and oxygen atoms in total. The first kappa shape index (κ1) is 21.0. The summed E-state index contributed by atoms with van der Waals surface area (Å²) >= 11 is 0. The predicted molar refractivity (Wildman–Crippen MR) is 113 cm³/mol. The van der Waals surface area contributed by atoms with Crippen molar-refractivity contribution in [1.29, 1.82) is 0 Å². The highest BCUT2D eigenvalue weighted by molar-refractivity contribution is 7.89. The molecule has 1 saturated carbocycles. The third-order valence-corrected chi connectivity index (χ3v) is 7.96. The molecule has 2 aliphatic rings. The van der Waals surface area contributed by atoms with E-state index in [1.165, 1.54) is 16.4 Å². The maximum atomic E-state index is 14.2. The van der Waals surface area contributed by atoms with Crippen LogP contribution in [0.4, 0.5) is 4.39 Å². The molecule has 7 heteroatoms. The molecule has 0 spiro atoms. The van der Waals surface area contributed by atoms with Crippen LogP contribution in [0.2, 0.25) is 0 Å². The number of nitrogens with zero attached hydrogens (tertiary/aromatic N) is 2. The van der Waals surface area contributed by atoms with Crippen molar-refractivity contribution in [3.05, 3.63) is 65.0 Å². The highest BCUT2D eigenvalue weighted by Crippen LogP contribution is 2.31. The first-order valence-electron chi connectivity index (χ1n) is 10.5. The van der Waals surface area contributed by atoms with Crippen molar-refractivity contribution in [1.82, 2.24) is 9.21 Å². The van der Waals surface area contributed by atoms with Crippen molar-refractivity contribution >= 4 is 15.9 Å². The van der Waals surface area contributed by atoms with E-state index in [1.54, 1.807) is 42.2 Å². The Kier molecular flexibility index (Phi) is 5.93. The van der Waals surface area contributed by atoms with E-state index in [-0.39, 0.29) is 29.2 Å². The number of amides is 1. The normalized spacial score (nSPS) is 17.7. The molecule has 0 bridgehead atoms. The minimum absolute atomic E-state index is 0.0700. The predicted octanol–water partition coefficient (Wildman–Crippen LogP) is 4.11. The summed E-state index contributed by atoms with van der Waals surface area (Å²) < 4.78 is 42.0. The molecule has 1 aliphatic heterocycles. The Morgan fingerprint density at radius 2 is 1.80 bits per heavy atom. The van der Waals surface area contributed by atoms with Crippen LogP contribution in [-0.4, -0.2) is 42.7 Å². The summed E-state index contributed by atoms with van der Waals surface area (Å²) in [6.07, 6.45) is 4.51. The molecule has 1 aliphatic carbocycles. The number of rotatable bonds is 6. The summed E-state index contributed by atoms with van der Waals surface area (Å²) in [4.78, 5) is 15.2. The molecule has 0 radical (unpaired) electrons. The van der Waals surface area contributed by atoms with Gasteiger partial charge in [-0.25, -0.2) is 12.8 Å². The number of carbonyl (C=O) groups excluding carboxylic acids is 1. The van der Waals surface area contributed by atoms with Crippen LogP contribution in [0.15, 0.2) is 47.4 Å². The van der Waals surface area contributed by atoms with E-state index in [0.717, 1.165) is 32.1 Å². The second kappa shape index (κ2) is 8.47. The Morgan fingerprint density at radius 1 is 1.10 bits per heavy atom. The van der Waals surface area contributed by atoms with Crippen LogP contribution in [-0.2, 0) is 16.6 Å². The maximum Gasteiger partial charge on any atom is 0.254 e. The Bertz CT molecular complexity index is 1040. The van der Waals surface area contributed by atoms with E-state index in [1.807, 2.05) is 0 Å². The van der Waals surface area contributed by atoms with Gasteiger partial charge in [-0.15, -0.1) is 0 Å². The third-order valence-electron chi connectivity index (χ3n) is 5.91. The van der Waals surface area contributed by atoms with E-state index < -0.39 is 10.0 Å². The molecular formula is C23H27FN2O3S. The highest BCUT2D eigenvalue weighted by atomic mass is 32.2. The first-order chi connectivity index (χ1) is 14.4. The number of benzene rings is 2. The molecule has 1 amide bonds. The number of sulfonamides is 1. The van der Waals surface area contributed by atoms with Gasteiger partial charge in [-0.2, -0.15) is 4.31 Å². The lowest BCUT2D eigenvalue weighted by atomic mass is 10.1. The average molecular weight is 431 g/mol. The topological polar surface area (TPSA) is 57.7 Å². The van der Waals surface area contributed by atoms with Gasteiger partial charge in [-0.1, -0.05) is 30.7 Å². The minimum atomic E-state index is -3.64. The van der Waals surface area contributed by atoms with Gasteiger partial charge >= 0.3 is 0 Å². The SMILES string of the molecule is Cc1ccc(C(=O)N(Cc2ccccc2F)C2CC2)cc1S(=O)(=O)N1CCCCC1. The summed E-state index contributed by atoms with van der Waals surface area (Å²) in [5.41, 5.74) is 1.43. The molecule has 2 aromatic rings.